The highest BCUT2D eigenvalue weighted by atomic mass is 35.5. The number of hydrogen-bond donors (Lipinski definition) is 2. The number of amides is 1. The molecule has 0 radical (unpaired) electrons. The van der Waals surface area contributed by atoms with Crippen molar-refractivity contribution in [3.05, 3.63) is 63.6 Å². The third-order valence-electron chi connectivity index (χ3n) is 2.62. The molecule has 5 heteroatoms. The van der Waals surface area contributed by atoms with Crippen molar-refractivity contribution < 1.29 is 4.79 Å². The van der Waals surface area contributed by atoms with E-state index in [9.17, 15) is 4.79 Å². The number of rotatable bonds is 4. The van der Waals surface area contributed by atoms with Gasteiger partial charge in [-0.3, -0.25) is 4.79 Å². The topological polar surface area (TPSA) is 55.1 Å². The summed E-state index contributed by atoms with van der Waals surface area (Å²) in [6.07, 6.45) is 0. The van der Waals surface area contributed by atoms with Crippen LogP contribution in [-0.2, 0) is 6.54 Å². The minimum absolute atomic E-state index is 0.315. The molecule has 3 nitrogen and oxygen atoms in total. The van der Waals surface area contributed by atoms with E-state index in [2.05, 4.69) is 5.32 Å². The first-order valence-electron chi connectivity index (χ1n) is 5.64. The summed E-state index contributed by atoms with van der Waals surface area (Å²) >= 11 is 11.9. The normalized spacial score (nSPS) is 10.2. The maximum Gasteiger partial charge on any atom is 0.250 e. The van der Waals surface area contributed by atoms with Gasteiger partial charge in [-0.1, -0.05) is 35.3 Å². The predicted molar refractivity (Wildman–Crippen MR) is 78.7 cm³/mol. The third kappa shape index (κ3) is 3.63. The monoisotopic (exact) mass is 294 g/mol. The van der Waals surface area contributed by atoms with E-state index in [-0.39, 0.29) is 0 Å². The molecule has 1 amide bonds. The Morgan fingerprint density at radius 1 is 1.16 bits per heavy atom. The summed E-state index contributed by atoms with van der Waals surface area (Å²) in [7, 11) is 0. The number of carbonyl (C=O) groups is 1. The van der Waals surface area contributed by atoms with Gasteiger partial charge in [-0.15, -0.1) is 0 Å². The van der Waals surface area contributed by atoms with Crippen molar-refractivity contribution in [2.45, 2.75) is 6.54 Å². The Bertz CT molecular complexity index is 614. The number of primary amides is 1. The first-order valence-corrected chi connectivity index (χ1v) is 6.39. The van der Waals surface area contributed by atoms with Crippen LogP contribution in [0.25, 0.3) is 0 Å². The molecule has 98 valence electrons. The van der Waals surface area contributed by atoms with Gasteiger partial charge in [0.05, 0.1) is 10.6 Å². The molecule has 0 unspecified atom stereocenters. The number of carbonyl (C=O) groups excluding carboxylic acids is 1. The summed E-state index contributed by atoms with van der Waals surface area (Å²) in [5.41, 5.74) is 7.38. The van der Waals surface area contributed by atoms with E-state index in [0.29, 0.717) is 22.2 Å². The average Bonchev–Trinajstić information content (AvgIpc) is 2.36. The molecule has 2 aromatic rings. The van der Waals surface area contributed by atoms with E-state index in [1.54, 1.807) is 18.2 Å². The van der Waals surface area contributed by atoms with Gasteiger partial charge >= 0.3 is 0 Å². The number of benzene rings is 2. The molecule has 0 atom stereocenters. The summed E-state index contributed by atoms with van der Waals surface area (Å²) in [5, 5.41) is 4.23. The Labute approximate surface area is 121 Å². The van der Waals surface area contributed by atoms with Crippen molar-refractivity contribution in [1.82, 2.24) is 0 Å². The lowest BCUT2D eigenvalue weighted by Gasteiger charge is -2.08. The first-order chi connectivity index (χ1) is 9.06. The molecular weight excluding hydrogens is 283 g/mol. The molecule has 0 heterocycles. The van der Waals surface area contributed by atoms with Gasteiger partial charge in [-0.2, -0.15) is 0 Å². The van der Waals surface area contributed by atoms with Crippen LogP contribution >= 0.6 is 23.2 Å². The largest absolute Gasteiger partial charge is 0.381 e. The zero-order valence-electron chi connectivity index (χ0n) is 9.99. The summed E-state index contributed by atoms with van der Waals surface area (Å²) in [5.74, 6) is -0.536. The molecule has 2 aromatic carbocycles. The van der Waals surface area contributed by atoms with Gasteiger partial charge in [-0.05, 0) is 35.9 Å². The molecular formula is C14H12Cl2N2O. The Balaban J connectivity index is 2.08. The minimum Gasteiger partial charge on any atom is -0.381 e. The Kier molecular flexibility index (Phi) is 4.30. The number of nitrogens with one attached hydrogen (secondary N) is 1. The lowest BCUT2D eigenvalue weighted by atomic mass is 10.2. The SMILES string of the molecule is NC(=O)c1ccc(NCc2cccc(Cl)c2)cc1Cl. The quantitative estimate of drug-likeness (QED) is 0.903. The van der Waals surface area contributed by atoms with Crippen molar-refractivity contribution in [3.63, 3.8) is 0 Å². The van der Waals surface area contributed by atoms with Crippen LogP contribution in [0.3, 0.4) is 0 Å². The van der Waals surface area contributed by atoms with Gasteiger partial charge in [0.15, 0.2) is 0 Å². The lowest BCUT2D eigenvalue weighted by Crippen LogP contribution is -2.11. The van der Waals surface area contributed by atoms with Gasteiger partial charge in [0, 0.05) is 17.3 Å². The lowest BCUT2D eigenvalue weighted by molar-refractivity contribution is 0.100. The van der Waals surface area contributed by atoms with Gasteiger partial charge in [0.1, 0.15) is 0 Å². The van der Waals surface area contributed by atoms with Crippen molar-refractivity contribution in [3.8, 4) is 0 Å². The van der Waals surface area contributed by atoms with Crippen molar-refractivity contribution in [1.29, 1.82) is 0 Å². The third-order valence-corrected chi connectivity index (χ3v) is 3.17. The van der Waals surface area contributed by atoms with Crippen LogP contribution in [0.1, 0.15) is 15.9 Å². The van der Waals surface area contributed by atoms with Gasteiger partial charge in [-0.25, -0.2) is 0 Å². The smallest absolute Gasteiger partial charge is 0.250 e. The molecule has 0 fully saturated rings. The van der Waals surface area contributed by atoms with E-state index in [1.165, 1.54) is 0 Å². The van der Waals surface area contributed by atoms with Crippen LogP contribution in [0.2, 0.25) is 10.0 Å². The van der Waals surface area contributed by atoms with E-state index in [1.807, 2.05) is 24.3 Å². The molecule has 0 saturated heterocycles. The molecule has 0 bridgehead atoms. The van der Waals surface area contributed by atoms with Gasteiger partial charge in [0.25, 0.3) is 0 Å². The minimum atomic E-state index is -0.536. The van der Waals surface area contributed by atoms with Crippen molar-refractivity contribution in [2.75, 3.05) is 5.32 Å². The van der Waals surface area contributed by atoms with E-state index in [0.717, 1.165) is 11.3 Å². The molecule has 19 heavy (non-hydrogen) atoms. The fraction of sp³-hybridized carbons (Fsp3) is 0.0714. The van der Waals surface area contributed by atoms with Crippen LogP contribution in [-0.4, -0.2) is 5.91 Å². The van der Waals surface area contributed by atoms with Crippen LogP contribution in [0.5, 0.6) is 0 Å². The predicted octanol–water partition coefficient (Wildman–Crippen LogP) is 3.70. The number of hydrogen-bond acceptors (Lipinski definition) is 2. The summed E-state index contributed by atoms with van der Waals surface area (Å²) in [6.45, 7) is 0.618. The fourth-order valence-electron chi connectivity index (χ4n) is 1.68. The summed E-state index contributed by atoms with van der Waals surface area (Å²) in [4.78, 5) is 11.1. The fourth-order valence-corrected chi connectivity index (χ4v) is 2.16. The van der Waals surface area contributed by atoms with Gasteiger partial charge in [0.2, 0.25) is 5.91 Å². The van der Waals surface area contributed by atoms with Crippen LogP contribution in [0, 0.1) is 0 Å². The standard InChI is InChI=1S/C14H12Cl2N2O/c15-10-3-1-2-9(6-10)8-18-11-4-5-12(14(17)19)13(16)7-11/h1-7,18H,8H2,(H2,17,19). The second-order valence-electron chi connectivity index (χ2n) is 4.04. The van der Waals surface area contributed by atoms with Crippen LogP contribution < -0.4 is 11.1 Å². The maximum absolute atomic E-state index is 11.1. The summed E-state index contributed by atoms with van der Waals surface area (Å²) in [6, 6.07) is 12.6. The highest BCUT2D eigenvalue weighted by Crippen LogP contribution is 2.21. The molecule has 0 saturated carbocycles. The highest BCUT2D eigenvalue weighted by molar-refractivity contribution is 6.34. The molecule has 0 aliphatic heterocycles. The number of anilines is 1. The van der Waals surface area contributed by atoms with Crippen molar-refractivity contribution in [2.24, 2.45) is 5.73 Å². The van der Waals surface area contributed by atoms with Gasteiger partial charge < -0.3 is 11.1 Å². The zero-order chi connectivity index (χ0) is 13.8. The van der Waals surface area contributed by atoms with Crippen LogP contribution in [0.4, 0.5) is 5.69 Å². The van der Waals surface area contributed by atoms with E-state index in [4.69, 9.17) is 28.9 Å². The molecule has 2 rings (SSSR count). The van der Waals surface area contributed by atoms with Crippen LogP contribution in [0.15, 0.2) is 42.5 Å². The maximum atomic E-state index is 11.1. The van der Waals surface area contributed by atoms with E-state index >= 15 is 0 Å². The molecule has 0 aliphatic rings. The molecule has 0 aliphatic carbocycles. The first kappa shape index (κ1) is 13.7. The molecule has 0 aromatic heterocycles. The Morgan fingerprint density at radius 2 is 1.95 bits per heavy atom. The Hall–Kier alpha value is -1.71. The molecule has 3 N–H and O–H groups in total. The van der Waals surface area contributed by atoms with Crippen molar-refractivity contribution >= 4 is 34.8 Å². The number of nitrogens with two attached hydrogens (primary N) is 1. The second-order valence-corrected chi connectivity index (χ2v) is 4.89. The molecule has 0 spiro atoms. The van der Waals surface area contributed by atoms with E-state index < -0.39 is 5.91 Å². The average molecular weight is 295 g/mol. The summed E-state index contributed by atoms with van der Waals surface area (Å²) < 4.78 is 0. The zero-order valence-corrected chi connectivity index (χ0v) is 11.5. The second kappa shape index (κ2) is 5.95. The highest BCUT2D eigenvalue weighted by Gasteiger charge is 2.06. The Morgan fingerprint density at radius 3 is 2.58 bits per heavy atom. The number of halogens is 2.